The van der Waals surface area contributed by atoms with Crippen LogP contribution in [0.4, 0.5) is 5.69 Å². The van der Waals surface area contributed by atoms with Gasteiger partial charge in [0.05, 0.1) is 25.1 Å². The number of fused-ring (bicyclic) bond motifs is 1. The van der Waals surface area contributed by atoms with Crippen LogP contribution in [0, 0.1) is 0 Å². The van der Waals surface area contributed by atoms with Gasteiger partial charge in [0.1, 0.15) is 5.75 Å². The molecule has 0 spiro atoms. The van der Waals surface area contributed by atoms with Crippen LogP contribution in [0.1, 0.15) is 42.9 Å². The van der Waals surface area contributed by atoms with Gasteiger partial charge >= 0.3 is 0 Å². The molecule has 0 saturated heterocycles. The summed E-state index contributed by atoms with van der Waals surface area (Å²) in [5.41, 5.74) is 3.06. The van der Waals surface area contributed by atoms with Gasteiger partial charge in [-0.15, -0.1) is 0 Å². The number of nitrogens with zero attached hydrogens (tertiary/aromatic N) is 1. The SMILES string of the molecule is COc1ccc(N(CCCC(=O)N[C@@H]2CCCc3ccccc32)S(C)(=O)=O)cc1. The van der Waals surface area contributed by atoms with Gasteiger partial charge in [0.15, 0.2) is 0 Å². The number of amides is 1. The molecule has 3 rings (SSSR count). The average Bonchev–Trinajstić information content (AvgIpc) is 2.71. The second-order valence-corrected chi connectivity index (χ2v) is 9.25. The molecule has 0 radical (unpaired) electrons. The zero-order valence-electron chi connectivity index (χ0n) is 16.9. The third kappa shape index (κ3) is 5.50. The van der Waals surface area contributed by atoms with E-state index in [0.29, 0.717) is 17.9 Å². The molecule has 156 valence electrons. The first-order chi connectivity index (χ1) is 13.9. The molecule has 0 aromatic heterocycles. The minimum atomic E-state index is -3.44. The lowest BCUT2D eigenvalue weighted by Gasteiger charge is -2.26. The summed E-state index contributed by atoms with van der Waals surface area (Å²) in [5, 5.41) is 3.12. The normalized spacial score (nSPS) is 16.0. The number of hydrogen-bond acceptors (Lipinski definition) is 4. The van der Waals surface area contributed by atoms with Gasteiger partial charge in [-0.25, -0.2) is 8.42 Å². The van der Waals surface area contributed by atoms with Crippen LogP contribution in [0.15, 0.2) is 48.5 Å². The van der Waals surface area contributed by atoms with Gasteiger partial charge in [-0.2, -0.15) is 0 Å². The van der Waals surface area contributed by atoms with Gasteiger partial charge in [-0.05, 0) is 61.1 Å². The van der Waals surface area contributed by atoms with E-state index in [1.807, 2.05) is 12.1 Å². The van der Waals surface area contributed by atoms with Crippen LogP contribution in [-0.2, 0) is 21.2 Å². The van der Waals surface area contributed by atoms with E-state index in [4.69, 9.17) is 4.74 Å². The predicted octanol–water partition coefficient (Wildman–Crippen LogP) is 3.44. The monoisotopic (exact) mass is 416 g/mol. The number of benzene rings is 2. The molecule has 2 aromatic carbocycles. The predicted molar refractivity (Wildman–Crippen MR) is 115 cm³/mol. The van der Waals surface area contributed by atoms with Crippen molar-refractivity contribution in [3.63, 3.8) is 0 Å². The molecule has 0 fully saturated rings. The van der Waals surface area contributed by atoms with Gasteiger partial charge in [-0.1, -0.05) is 24.3 Å². The molecule has 29 heavy (non-hydrogen) atoms. The lowest BCUT2D eigenvalue weighted by Crippen LogP contribution is -2.33. The molecule has 2 aromatic rings. The highest BCUT2D eigenvalue weighted by Gasteiger charge is 2.22. The lowest BCUT2D eigenvalue weighted by molar-refractivity contribution is -0.122. The van der Waals surface area contributed by atoms with E-state index in [1.54, 1.807) is 31.4 Å². The largest absolute Gasteiger partial charge is 0.497 e. The third-order valence-corrected chi connectivity index (χ3v) is 6.42. The van der Waals surface area contributed by atoms with Crippen molar-refractivity contribution in [2.75, 3.05) is 24.2 Å². The van der Waals surface area contributed by atoms with Crippen molar-refractivity contribution in [1.29, 1.82) is 0 Å². The van der Waals surface area contributed by atoms with E-state index in [-0.39, 0.29) is 24.9 Å². The second-order valence-electron chi connectivity index (χ2n) is 7.35. The number of ether oxygens (including phenoxy) is 1. The number of methoxy groups -OCH3 is 1. The second kappa shape index (κ2) is 9.31. The Kier molecular flexibility index (Phi) is 6.79. The Morgan fingerprint density at radius 2 is 1.90 bits per heavy atom. The average molecular weight is 417 g/mol. The number of aryl methyl sites for hydroxylation is 1. The zero-order chi connectivity index (χ0) is 20.9. The smallest absolute Gasteiger partial charge is 0.232 e. The fraction of sp³-hybridized carbons (Fsp3) is 0.409. The highest BCUT2D eigenvalue weighted by molar-refractivity contribution is 7.92. The Morgan fingerprint density at radius 3 is 2.59 bits per heavy atom. The van der Waals surface area contributed by atoms with E-state index in [2.05, 4.69) is 17.4 Å². The molecule has 0 bridgehead atoms. The molecular formula is C22H28N2O4S. The van der Waals surface area contributed by atoms with Crippen LogP contribution in [0.25, 0.3) is 0 Å². The first kappa shape index (κ1) is 21.2. The first-order valence-corrected chi connectivity index (χ1v) is 11.7. The minimum Gasteiger partial charge on any atom is -0.497 e. The number of carbonyl (C=O) groups is 1. The molecule has 0 saturated carbocycles. The Hall–Kier alpha value is -2.54. The van der Waals surface area contributed by atoms with E-state index < -0.39 is 10.0 Å². The molecule has 1 aliphatic carbocycles. The summed E-state index contributed by atoms with van der Waals surface area (Å²) < 4.78 is 30.9. The summed E-state index contributed by atoms with van der Waals surface area (Å²) >= 11 is 0. The van der Waals surface area contributed by atoms with Crippen LogP contribution in [0.3, 0.4) is 0 Å². The molecule has 1 aliphatic rings. The number of hydrogen-bond donors (Lipinski definition) is 1. The Labute approximate surface area is 172 Å². The molecule has 1 atom stereocenters. The Morgan fingerprint density at radius 1 is 1.17 bits per heavy atom. The van der Waals surface area contributed by atoms with Crippen molar-refractivity contribution in [2.24, 2.45) is 0 Å². The van der Waals surface area contributed by atoms with Crippen LogP contribution < -0.4 is 14.4 Å². The van der Waals surface area contributed by atoms with Gasteiger partial charge in [-0.3, -0.25) is 9.10 Å². The molecule has 1 amide bonds. The van der Waals surface area contributed by atoms with Crippen molar-refractivity contribution in [3.05, 3.63) is 59.7 Å². The summed E-state index contributed by atoms with van der Waals surface area (Å²) in [6, 6.07) is 15.1. The highest BCUT2D eigenvalue weighted by Crippen LogP contribution is 2.29. The third-order valence-electron chi connectivity index (χ3n) is 5.23. The maximum absolute atomic E-state index is 12.5. The number of sulfonamides is 1. The molecule has 6 nitrogen and oxygen atoms in total. The maximum Gasteiger partial charge on any atom is 0.232 e. The van der Waals surface area contributed by atoms with Crippen LogP contribution in [0.2, 0.25) is 0 Å². The van der Waals surface area contributed by atoms with Gasteiger partial charge in [0, 0.05) is 13.0 Å². The molecule has 1 N–H and O–H groups in total. The van der Waals surface area contributed by atoms with Crippen molar-refractivity contribution < 1.29 is 17.9 Å². The number of carbonyl (C=O) groups excluding carboxylic acids is 1. The fourth-order valence-electron chi connectivity index (χ4n) is 3.79. The number of nitrogens with one attached hydrogen (secondary N) is 1. The van der Waals surface area contributed by atoms with Gasteiger partial charge in [0.25, 0.3) is 0 Å². The van der Waals surface area contributed by atoms with Crippen molar-refractivity contribution in [1.82, 2.24) is 5.32 Å². The lowest BCUT2D eigenvalue weighted by atomic mass is 9.87. The van der Waals surface area contributed by atoms with E-state index in [0.717, 1.165) is 19.3 Å². The Balaban J connectivity index is 1.58. The highest BCUT2D eigenvalue weighted by atomic mass is 32.2. The quantitative estimate of drug-likeness (QED) is 0.715. The topological polar surface area (TPSA) is 75.7 Å². The van der Waals surface area contributed by atoms with Crippen molar-refractivity contribution >= 4 is 21.6 Å². The summed E-state index contributed by atoms with van der Waals surface area (Å²) in [6.07, 6.45) is 4.94. The Bertz CT molecular complexity index is 942. The van der Waals surface area contributed by atoms with Crippen molar-refractivity contribution in [3.8, 4) is 5.75 Å². The van der Waals surface area contributed by atoms with Crippen molar-refractivity contribution in [2.45, 2.75) is 38.1 Å². The van der Waals surface area contributed by atoms with E-state index in [9.17, 15) is 13.2 Å². The standard InChI is InChI=1S/C22H28N2O4S/c1-28-19-14-12-18(13-15-19)24(29(2,26)27)16-6-11-22(25)23-21-10-5-8-17-7-3-4-9-20(17)21/h3-4,7,9,12-15,21H,5-6,8,10-11,16H2,1-2H3,(H,23,25)/t21-/m1/s1. The van der Waals surface area contributed by atoms with Gasteiger partial charge < -0.3 is 10.1 Å². The number of rotatable bonds is 8. The maximum atomic E-state index is 12.5. The molecule has 0 heterocycles. The van der Waals surface area contributed by atoms with Gasteiger partial charge in [0.2, 0.25) is 15.9 Å². The molecule has 0 aliphatic heterocycles. The van der Waals surface area contributed by atoms with Crippen LogP contribution >= 0.6 is 0 Å². The van der Waals surface area contributed by atoms with E-state index in [1.165, 1.54) is 21.7 Å². The van der Waals surface area contributed by atoms with Crippen LogP contribution in [-0.4, -0.2) is 34.2 Å². The van der Waals surface area contributed by atoms with E-state index >= 15 is 0 Å². The molecule has 0 unspecified atom stereocenters. The number of anilines is 1. The summed E-state index contributed by atoms with van der Waals surface area (Å²) in [5.74, 6) is 0.615. The summed E-state index contributed by atoms with van der Waals surface area (Å²) in [6.45, 7) is 0.250. The minimum absolute atomic E-state index is 0.0417. The fourth-order valence-corrected chi connectivity index (χ4v) is 4.75. The first-order valence-electron chi connectivity index (χ1n) is 9.87. The zero-order valence-corrected chi connectivity index (χ0v) is 17.7. The molecular weight excluding hydrogens is 388 g/mol. The summed E-state index contributed by atoms with van der Waals surface area (Å²) in [4.78, 5) is 12.5. The molecule has 7 heteroatoms. The van der Waals surface area contributed by atoms with Crippen LogP contribution in [0.5, 0.6) is 5.75 Å². The summed E-state index contributed by atoms with van der Waals surface area (Å²) in [7, 11) is -1.88.